The van der Waals surface area contributed by atoms with Gasteiger partial charge in [0.1, 0.15) is 11.5 Å². The summed E-state index contributed by atoms with van der Waals surface area (Å²) in [6.07, 6.45) is -1.94. The number of aryl methyl sites for hydroxylation is 2. The van der Waals surface area contributed by atoms with Gasteiger partial charge < -0.3 is 9.80 Å². The molecule has 12 heteroatoms. The molecule has 0 bridgehead atoms. The van der Waals surface area contributed by atoms with Crippen LogP contribution in [0.5, 0.6) is 0 Å². The summed E-state index contributed by atoms with van der Waals surface area (Å²) in [5, 5.41) is 4.86. The van der Waals surface area contributed by atoms with Gasteiger partial charge in [0.15, 0.2) is 0 Å². The van der Waals surface area contributed by atoms with Crippen LogP contribution in [0.2, 0.25) is 5.02 Å². The molecule has 3 aromatic rings. The molecule has 40 heavy (non-hydrogen) atoms. The highest BCUT2D eigenvalue weighted by molar-refractivity contribution is 6.31. The van der Waals surface area contributed by atoms with Crippen LogP contribution in [0.25, 0.3) is 11.1 Å². The normalized spacial score (nSPS) is 19.1. The fraction of sp³-hybridized carbons (Fsp3) is 0.500. The van der Waals surface area contributed by atoms with Gasteiger partial charge in [-0.1, -0.05) is 17.7 Å². The quantitative estimate of drug-likeness (QED) is 0.303. The fourth-order valence-electron chi connectivity index (χ4n) is 5.77. The number of aromatic nitrogens is 3. The minimum atomic E-state index is -4.20. The zero-order valence-electron chi connectivity index (χ0n) is 22.4. The third kappa shape index (κ3) is 6.20. The first kappa shape index (κ1) is 28.6. The number of nitrogens with zero attached hydrogens (tertiary/aromatic N) is 6. The molecule has 0 amide bonds. The Morgan fingerprint density at radius 1 is 0.950 bits per heavy atom. The maximum absolute atomic E-state index is 13.8. The van der Waals surface area contributed by atoms with Gasteiger partial charge in [-0.15, -0.1) is 0 Å². The molecule has 0 spiro atoms. The minimum absolute atomic E-state index is 0.0342. The van der Waals surface area contributed by atoms with E-state index in [2.05, 4.69) is 15.0 Å². The summed E-state index contributed by atoms with van der Waals surface area (Å²) in [5.74, 6) is 0.732. The van der Waals surface area contributed by atoms with Gasteiger partial charge in [-0.05, 0) is 56.0 Å². The number of alkyl halides is 5. The van der Waals surface area contributed by atoms with Crippen molar-refractivity contribution in [3.05, 3.63) is 58.5 Å². The Morgan fingerprint density at radius 2 is 1.70 bits per heavy atom. The highest BCUT2D eigenvalue weighted by Gasteiger charge is 2.33. The lowest BCUT2D eigenvalue weighted by Gasteiger charge is -2.37. The first-order valence-electron chi connectivity index (χ1n) is 13.4. The molecular formula is C28H32ClF5N6. The Labute approximate surface area is 235 Å². The van der Waals surface area contributed by atoms with Crippen molar-refractivity contribution in [3.8, 4) is 11.1 Å². The van der Waals surface area contributed by atoms with Crippen LogP contribution >= 0.6 is 11.6 Å². The van der Waals surface area contributed by atoms with E-state index < -0.39 is 19.1 Å². The molecule has 1 unspecified atom stereocenters. The molecule has 2 fully saturated rings. The molecule has 4 heterocycles. The van der Waals surface area contributed by atoms with E-state index in [-0.39, 0.29) is 11.7 Å². The Hall–Kier alpha value is -2.92. The largest absolute Gasteiger partial charge is 0.401 e. The molecular weight excluding hydrogens is 551 g/mol. The molecule has 2 aliphatic rings. The van der Waals surface area contributed by atoms with E-state index in [0.717, 1.165) is 47.6 Å². The number of pyridine rings is 1. The van der Waals surface area contributed by atoms with Gasteiger partial charge in [-0.25, -0.2) is 13.8 Å². The number of hydrogen-bond donors (Lipinski definition) is 0. The fourth-order valence-corrected chi connectivity index (χ4v) is 5.94. The maximum atomic E-state index is 13.8. The Balaban J connectivity index is 1.37. The van der Waals surface area contributed by atoms with Gasteiger partial charge in [0.25, 0.3) is 6.43 Å². The topological polar surface area (TPSA) is 40.4 Å². The van der Waals surface area contributed by atoms with Crippen LogP contribution in [-0.2, 0) is 0 Å². The molecule has 6 nitrogen and oxygen atoms in total. The lowest BCUT2D eigenvalue weighted by molar-refractivity contribution is -0.146. The van der Waals surface area contributed by atoms with Crippen molar-refractivity contribution in [3.63, 3.8) is 0 Å². The zero-order chi connectivity index (χ0) is 28.6. The Bertz CT molecular complexity index is 1340. The summed E-state index contributed by atoms with van der Waals surface area (Å²) in [6.45, 7) is 5.59. The first-order chi connectivity index (χ1) is 19.0. The maximum Gasteiger partial charge on any atom is 0.401 e. The van der Waals surface area contributed by atoms with Crippen molar-refractivity contribution < 1.29 is 22.0 Å². The van der Waals surface area contributed by atoms with Crippen LogP contribution in [0.15, 0.2) is 36.7 Å². The number of rotatable bonds is 6. The first-order valence-corrected chi connectivity index (χ1v) is 13.8. The number of benzene rings is 1. The summed E-state index contributed by atoms with van der Waals surface area (Å²) in [6, 6.07) is 7.43. The molecule has 1 atom stereocenters. The lowest BCUT2D eigenvalue weighted by atomic mass is 9.97. The van der Waals surface area contributed by atoms with E-state index >= 15 is 0 Å². The number of anilines is 2. The average molecular weight is 583 g/mol. The smallest absolute Gasteiger partial charge is 0.369 e. The summed E-state index contributed by atoms with van der Waals surface area (Å²) in [5.41, 5.74) is 4.17. The minimum Gasteiger partial charge on any atom is -0.369 e. The molecule has 2 saturated heterocycles. The van der Waals surface area contributed by atoms with E-state index in [0.29, 0.717) is 43.3 Å². The third-order valence-corrected chi connectivity index (χ3v) is 8.00. The second kappa shape index (κ2) is 11.5. The van der Waals surface area contributed by atoms with Crippen LogP contribution in [0.1, 0.15) is 42.1 Å². The molecule has 1 aromatic carbocycles. The van der Waals surface area contributed by atoms with Crippen LogP contribution < -0.4 is 9.80 Å². The monoisotopic (exact) mass is 582 g/mol. The summed E-state index contributed by atoms with van der Waals surface area (Å²) >= 11 is 6.43. The Kier molecular flexibility index (Phi) is 8.24. The highest BCUT2D eigenvalue weighted by Crippen LogP contribution is 2.39. The van der Waals surface area contributed by atoms with E-state index in [9.17, 15) is 22.0 Å². The number of hydrogen-bond acceptors (Lipinski definition) is 5. The van der Waals surface area contributed by atoms with Crippen molar-refractivity contribution in [1.29, 1.82) is 0 Å². The van der Waals surface area contributed by atoms with Gasteiger partial charge in [0, 0.05) is 67.3 Å². The summed E-state index contributed by atoms with van der Waals surface area (Å²) < 4.78 is 67.3. The molecule has 0 N–H and O–H groups in total. The number of piperazine rings is 1. The standard InChI is InChI=1S/C28H32ClF5N6/c1-18-12-25(38-10-8-37(9-11-38)17-28(32,33)34)35-15-23(18)22-6-5-20(29)13-24(22)39-7-3-4-21(16-39)40-26(27(30)31)19(2)14-36-40/h5-6,12-15,21,27H,3-4,7-11,16-17H2,1-2H3. The van der Waals surface area contributed by atoms with Gasteiger partial charge in [0.05, 0.1) is 18.8 Å². The van der Waals surface area contributed by atoms with Crippen molar-refractivity contribution in [2.24, 2.45) is 0 Å². The van der Waals surface area contributed by atoms with Crippen LogP contribution in [0.3, 0.4) is 0 Å². The SMILES string of the molecule is Cc1cc(N2CCN(CC(F)(F)F)CC2)ncc1-c1ccc(Cl)cc1N1CCCC(n2ncc(C)c2C(F)F)C1. The van der Waals surface area contributed by atoms with Crippen molar-refractivity contribution in [1.82, 2.24) is 19.7 Å². The van der Waals surface area contributed by atoms with E-state index in [1.807, 2.05) is 36.1 Å². The predicted molar refractivity (Wildman–Crippen MR) is 147 cm³/mol. The summed E-state index contributed by atoms with van der Waals surface area (Å²) in [4.78, 5) is 10.3. The van der Waals surface area contributed by atoms with Crippen LogP contribution in [-0.4, -0.2) is 71.7 Å². The molecule has 2 aromatic heterocycles. The second-order valence-electron chi connectivity index (χ2n) is 10.6. The van der Waals surface area contributed by atoms with Crippen molar-refractivity contribution in [2.75, 3.05) is 55.6 Å². The zero-order valence-corrected chi connectivity index (χ0v) is 23.2. The van der Waals surface area contributed by atoms with E-state index in [1.54, 1.807) is 13.1 Å². The predicted octanol–water partition coefficient (Wildman–Crippen LogP) is 6.68. The van der Waals surface area contributed by atoms with Gasteiger partial charge in [-0.3, -0.25) is 9.58 Å². The Morgan fingerprint density at radius 3 is 2.38 bits per heavy atom. The molecule has 0 saturated carbocycles. The lowest BCUT2D eigenvalue weighted by Crippen LogP contribution is -2.49. The summed E-state index contributed by atoms with van der Waals surface area (Å²) in [7, 11) is 0. The van der Waals surface area contributed by atoms with E-state index in [1.165, 1.54) is 15.8 Å². The third-order valence-electron chi connectivity index (χ3n) is 7.76. The molecule has 2 aliphatic heterocycles. The van der Waals surface area contributed by atoms with E-state index in [4.69, 9.17) is 11.6 Å². The van der Waals surface area contributed by atoms with Gasteiger partial charge in [-0.2, -0.15) is 18.3 Å². The molecule has 216 valence electrons. The van der Waals surface area contributed by atoms with Crippen LogP contribution in [0, 0.1) is 13.8 Å². The average Bonchev–Trinajstić information content (AvgIpc) is 3.30. The number of halogens is 6. The van der Waals surface area contributed by atoms with Crippen LogP contribution in [0.4, 0.5) is 33.5 Å². The number of piperidine rings is 1. The molecule has 0 radical (unpaired) electrons. The highest BCUT2D eigenvalue weighted by atomic mass is 35.5. The molecule has 0 aliphatic carbocycles. The van der Waals surface area contributed by atoms with Crippen molar-refractivity contribution >= 4 is 23.1 Å². The van der Waals surface area contributed by atoms with Crippen molar-refractivity contribution in [2.45, 2.75) is 45.3 Å². The molecule has 5 rings (SSSR count). The second-order valence-corrected chi connectivity index (χ2v) is 11.0. The van der Waals surface area contributed by atoms with Gasteiger partial charge in [0.2, 0.25) is 0 Å². The van der Waals surface area contributed by atoms with Gasteiger partial charge >= 0.3 is 6.18 Å².